The van der Waals surface area contributed by atoms with E-state index < -0.39 is 4.92 Å². The first-order valence-corrected chi connectivity index (χ1v) is 4.14. The van der Waals surface area contributed by atoms with Crippen LogP contribution >= 0.6 is 0 Å². The van der Waals surface area contributed by atoms with Crippen molar-refractivity contribution in [2.75, 3.05) is 14.2 Å². The van der Waals surface area contributed by atoms with Crippen LogP contribution in [0.2, 0.25) is 0 Å². The van der Waals surface area contributed by atoms with Gasteiger partial charge in [-0.2, -0.15) is 0 Å². The minimum Gasteiger partial charge on any atom is -0.496 e. The number of methoxy groups -OCH3 is 2. The Bertz CT molecular complexity index is 377. The summed E-state index contributed by atoms with van der Waals surface area (Å²) in [6, 6.07) is 2.70. The summed E-state index contributed by atoms with van der Waals surface area (Å²) in [5, 5.41) is 19.7. The van der Waals surface area contributed by atoms with Gasteiger partial charge >= 0.3 is 5.69 Å². The van der Waals surface area contributed by atoms with Gasteiger partial charge in [0.25, 0.3) is 0 Å². The van der Waals surface area contributed by atoms with E-state index in [0.29, 0.717) is 5.75 Å². The monoisotopic (exact) mass is 213 g/mol. The molecule has 0 aliphatic heterocycles. The Kier molecular flexibility index (Phi) is 3.46. The van der Waals surface area contributed by atoms with Crippen LogP contribution in [0.5, 0.6) is 11.5 Å². The molecule has 0 spiro atoms. The predicted octanol–water partition coefficient (Wildman–Crippen LogP) is 1.10. The molecule has 82 valence electrons. The van der Waals surface area contributed by atoms with E-state index in [1.54, 1.807) is 0 Å². The smallest absolute Gasteiger partial charge is 0.311 e. The van der Waals surface area contributed by atoms with E-state index in [0.717, 1.165) is 0 Å². The van der Waals surface area contributed by atoms with Gasteiger partial charge in [0.1, 0.15) is 5.75 Å². The summed E-state index contributed by atoms with van der Waals surface area (Å²) in [4.78, 5) is 10.1. The summed E-state index contributed by atoms with van der Waals surface area (Å²) in [5.41, 5.74) is 0.0801. The highest BCUT2D eigenvalue weighted by molar-refractivity contribution is 5.57. The van der Waals surface area contributed by atoms with Crippen molar-refractivity contribution in [1.82, 2.24) is 0 Å². The Morgan fingerprint density at radius 1 is 1.40 bits per heavy atom. The Morgan fingerprint density at radius 3 is 2.47 bits per heavy atom. The normalized spacial score (nSPS) is 9.80. The van der Waals surface area contributed by atoms with Crippen molar-refractivity contribution in [3.05, 3.63) is 27.8 Å². The highest BCUT2D eigenvalue weighted by Crippen LogP contribution is 2.36. The van der Waals surface area contributed by atoms with Crippen LogP contribution in [0.3, 0.4) is 0 Å². The highest BCUT2D eigenvalue weighted by atomic mass is 16.6. The van der Waals surface area contributed by atoms with Crippen LogP contribution in [-0.2, 0) is 6.61 Å². The van der Waals surface area contributed by atoms with Gasteiger partial charge in [0.15, 0.2) is 0 Å². The quantitative estimate of drug-likeness (QED) is 0.598. The maximum absolute atomic E-state index is 10.7. The first-order valence-electron chi connectivity index (χ1n) is 4.14. The maximum Gasteiger partial charge on any atom is 0.311 e. The van der Waals surface area contributed by atoms with Gasteiger partial charge in [0.05, 0.1) is 31.3 Å². The molecule has 0 fully saturated rings. The van der Waals surface area contributed by atoms with Crippen LogP contribution in [0.25, 0.3) is 0 Å². The number of rotatable bonds is 4. The van der Waals surface area contributed by atoms with E-state index in [4.69, 9.17) is 14.6 Å². The number of nitro benzene ring substituents is 1. The van der Waals surface area contributed by atoms with E-state index in [9.17, 15) is 10.1 Å². The number of aliphatic hydroxyl groups is 1. The van der Waals surface area contributed by atoms with Crippen LogP contribution in [-0.4, -0.2) is 24.2 Å². The van der Waals surface area contributed by atoms with E-state index in [1.165, 1.54) is 26.4 Å². The van der Waals surface area contributed by atoms with Gasteiger partial charge in [-0.1, -0.05) is 0 Å². The van der Waals surface area contributed by atoms with Crippen molar-refractivity contribution >= 4 is 5.69 Å². The molecule has 0 saturated carbocycles. The molecule has 0 saturated heterocycles. The topological polar surface area (TPSA) is 81.8 Å². The molecule has 6 heteroatoms. The molecular formula is C9H11NO5. The lowest BCUT2D eigenvalue weighted by atomic mass is 10.1. The number of hydrogen-bond acceptors (Lipinski definition) is 5. The molecular weight excluding hydrogens is 202 g/mol. The molecule has 0 bridgehead atoms. The van der Waals surface area contributed by atoms with Crippen LogP contribution in [0.15, 0.2) is 12.1 Å². The zero-order valence-electron chi connectivity index (χ0n) is 8.39. The number of hydrogen-bond donors (Lipinski definition) is 1. The minimum atomic E-state index is -0.572. The highest BCUT2D eigenvalue weighted by Gasteiger charge is 2.21. The molecule has 1 aromatic carbocycles. The fourth-order valence-corrected chi connectivity index (χ4v) is 1.31. The van der Waals surface area contributed by atoms with Crippen LogP contribution in [0.4, 0.5) is 5.69 Å². The molecule has 0 aliphatic rings. The SMILES string of the molecule is COc1ccc([N+](=O)[O-])c(OC)c1CO. The molecule has 0 aromatic heterocycles. The third-order valence-electron chi connectivity index (χ3n) is 1.98. The molecule has 1 aromatic rings. The third-order valence-corrected chi connectivity index (χ3v) is 1.98. The van der Waals surface area contributed by atoms with Crippen LogP contribution in [0.1, 0.15) is 5.56 Å². The lowest BCUT2D eigenvalue weighted by Gasteiger charge is -2.10. The van der Waals surface area contributed by atoms with E-state index in [2.05, 4.69) is 0 Å². The van der Waals surface area contributed by atoms with Gasteiger partial charge in [0, 0.05) is 6.07 Å². The number of nitro groups is 1. The van der Waals surface area contributed by atoms with Gasteiger partial charge in [-0.15, -0.1) is 0 Å². The first kappa shape index (κ1) is 11.3. The number of nitrogens with zero attached hydrogens (tertiary/aromatic N) is 1. The molecule has 0 heterocycles. The number of ether oxygens (including phenoxy) is 2. The zero-order valence-corrected chi connectivity index (χ0v) is 8.39. The third kappa shape index (κ3) is 1.99. The van der Waals surface area contributed by atoms with Crippen molar-refractivity contribution in [1.29, 1.82) is 0 Å². The summed E-state index contributed by atoms with van der Waals surface area (Å²) in [6.07, 6.45) is 0. The van der Waals surface area contributed by atoms with Crippen LogP contribution in [0, 0.1) is 10.1 Å². The minimum absolute atomic E-state index is 0.0295. The first-order chi connectivity index (χ1) is 7.15. The fourth-order valence-electron chi connectivity index (χ4n) is 1.31. The average molecular weight is 213 g/mol. The number of benzene rings is 1. The van der Waals surface area contributed by atoms with E-state index in [1.807, 2.05) is 0 Å². The number of aliphatic hydroxyl groups excluding tert-OH is 1. The molecule has 6 nitrogen and oxygen atoms in total. The molecule has 0 unspecified atom stereocenters. The Labute approximate surface area is 86.2 Å². The van der Waals surface area contributed by atoms with Gasteiger partial charge in [-0.25, -0.2) is 0 Å². The summed E-state index contributed by atoms with van der Waals surface area (Å²) in [7, 11) is 2.72. The van der Waals surface area contributed by atoms with Crippen molar-refractivity contribution in [2.45, 2.75) is 6.61 Å². The van der Waals surface area contributed by atoms with E-state index >= 15 is 0 Å². The predicted molar refractivity (Wildman–Crippen MR) is 52.1 cm³/mol. The molecule has 1 rings (SSSR count). The van der Waals surface area contributed by atoms with Gasteiger partial charge in [-0.05, 0) is 6.07 Å². The second-order valence-electron chi connectivity index (χ2n) is 2.71. The summed E-state index contributed by atoms with van der Waals surface area (Å²) in [5.74, 6) is 0.391. The molecule has 0 radical (unpaired) electrons. The second kappa shape index (κ2) is 4.61. The van der Waals surface area contributed by atoms with Gasteiger partial charge in [0.2, 0.25) is 5.75 Å². The van der Waals surface area contributed by atoms with Crippen molar-refractivity contribution in [3.8, 4) is 11.5 Å². The summed E-state index contributed by atoms with van der Waals surface area (Å²) >= 11 is 0. The van der Waals surface area contributed by atoms with Gasteiger partial charge in [-0.3, -0.25) is 10.1 Å². The largest absolute Gasteiger partial charge is 0.496 e. The van der Waals surface area contributed by atoms with Gasteiger partial charge < -0.3 is 14.6 Å². The van der Waals surface area contributed by atoms with Crippen molar-refractivity contribution in [3.63, 3.8) is 0 Å². The zero-order chi connectivity index (χ0) is 11.4. The maximum atomic E-state index is 10.7. The van der Waals surface area contributed by atoms with Crippen molar-refractivity contribution in [2.24, 2.45) is 0 Å². The molecule has 0 aliphatic carbocycles. The molecule has 15 heavy (non-hydrogen) atoms. The van der Waals surface area contributed by atoms with E-state index in [-0.39, 0.29) is 23.6 Å². The van der Waals surface area contributed by atoms with Crippen LogP contribution < -0.4 is 9.47 Å². The Morgan fingerprint density at radius 2 is 2.07 bits per heavy atom. The average Bonchev–Trinajstić information content (AvgIpc) is 2.26. The lowest BCUT2D eigenvalue weighted by Crippen LogP contribution is -2.00. The van der Waals surface area contributed by atoms with Crippen molar-refractivity contribution < 1.29 is 19.5 Å². The summed E-state index contributed by atoms with van der Waals surface area (Å²) in [6.45, 7) is -0.381. The standard InChI is InChI=1S/C9H11NO5/c1-14-8-4-3-7(10(12)13)9(15-2)6(8)5-11/h3-4,11H,5H2,1-2H3. The second-order valence-corrected chi connectivity index (χ2v) is 2.71. The lowest BCUT2D eigenvalue weighted by molar-refractivity contribution is -0.385. The molecule has 0 amide bonds. The molecule has 1 N–H and O–H groups in total. The Hall–Kier alpha value is -1.82. The molecule has 0 atom stereocenters. The summed E-state index contributed by atoms with van der Waals surface area (Å²) < 4.78 is 9.84. The fraction of sp³-hybridized carbons (Fsp3) is 0.333. The Balaban J connectivity index is 3.40.